The molecule has 10 nitrogen and oxygen atoms in total. The molecule has 0 spiro atoms. The SMILES string of the molecule is C[C]1CN(c2ccc3c4c(c(=O)oc3c2C)CN(C(=O)c2ccc(NS(C)(=O)=O)c(OC(F)(F)F)c2)CC4)CCN1C. The van der Waals surface area contributed by atoms with Gasteiger partial charge in [-0.3, -0.25) is 14.4 Å². The van der Waals surface area contributed by atoms with E-state index in [9.17, 15) is 31.2 Å². The van der Waals surface area contributed by atoms with Crippen LogP contribution in [0.25, 0.3) is 11.0 Å². The Morgan fingerprint density at radius 2 is 1.79 bits per heavy atom. The lowest BCUT2D eigenvalue weighted by Crippen LogP contribution is -2.46. The van der Waals surface area contributed by atoms with E-state index in [1.807, 2.05) is 23.8 Å². The number of alkyl halides is 3. The third-order valence-electron chi connectivity index (χ3n) is 7.64. The number of ether oxygens (including phenoxy) is 1. The number of likely N-dealkylation sites (N-methyl/N-ethyl adjacent to an activating group) is 1. The maximum atomic E-state index is 13.3. The number of nitrogens with zero attached hydrogens (tertiary/aromatic N) is 3. The number of amides is 1. The van der Waals surface area contributed by atoms with Gasteiger partial charge in [0, 0.05) is 48.4 Å². The van der Waals surface area contributed by atoms with Gasteiger partial charge in [0.1, 0.15) is 5.58 Å². The minimum atomic E-state index is -5.13. The van der Waals surface area contributed by atoms with Crippen LogP contribution in [0.3, 0.4) is 0 Å². The Hall–Kier alpha value is -3.78. The Bertz CT molecular complexity index is 1720. The van der Waals surface area contributed by atoms with Gasteiger partial charge < -0.3 is 19.0 Å². The monoisotopic (exact) mass is 607 g/mol. The zero-order valence-electron chi connectivity index (χ0n) is 23.5. The van der Waals surface area contributed by atoms with Crippen molar-refractivity contribution >= 4 is 38.3 Å². The summed E-state index contributed by atoms with van der Waals surface area (Å²) in [7, 11) is -1.87. The Balaban J connectivity index is 1.44. The van der Waals surface area contributed by atoms with Crippen LogP contribution in [0.15, 0.2) is 39.5 Å². The van der Waals surface area contributed by atoms with Crippen LogP contribution in [0.1, 0.15) is 34.0 Å². The van der Waals surface area contributed by atoms with E-state index in [1.54, 1.807) is 0 Å². The van der Waals surface area contributed by atoms with Crippen molar-refractivity contribution in [3.05, 3.63) is 69.0 Å². The third kappa shape index (κ3) is 6.04. The summed E-state index contributed by atoms with van der Waals surface area (Å²) in [6.07, 6.45) is -4.01. The van der Waals surface area contributed by atoms with Crippen LogP contribution in [0.4, 0.5) is 24.5 Å². The fourth-order valence-electron chi connectivity index (χ4n) is 5.44. The van der Waals surface area contributed by atoms with E-state index in [0.717, 1.165) is 60.2 Å². The highest BCUT2D eigenvalue weighted by molar-refractivity contribution is 7.92. The molecule has 2 aliphatic heterocycles. The molecule has 1 fully saturated rings. The highest BCUT2D eigenvalue weighted by Gasteiger charge is 2.34. The molecule has 0 saturated carbocycles. The van der Waals surface area contributed by atoms with Crippen molar-refractivity contribution in [2.24, 2.45) is 0 Å². The number of piperazine rings is 1. The lowest BCUT2D eigenvalue weighted by Gasteiger charge is -2.39. The maximum absolute atomic E-state index is 13.3. The van der Waals surface area contributed by atoms with Crippen molar-refractivity contribution in [2.75, 3.05) is 49.1 Å². The van der Waals surface area contributed by atoms with E-state index in [2.05, 4.69) is 28.5 Å². The van der Waals surface area contributed by atoms with Gasteiger partial charge in [-0.1, -0.05) is 0 Å². The van der Waals surface area contributed by atoms with Crippen LogP contribution in [0, 0.1) is 13.0 Å². The average molecular weight is 608 g/mol. The third-order valence-corrected chi connectivity index (χ3v) is 8.23. The molecule has 1 N–H and O–H groups in total. The van der Waals surface area contributed by atoms with Crippen molar-refractivity contribution in [1.29, 1.82) is 0 Å². The van der Waals surface area contributed by atoms with E-state index in [-0.39, 0.29) is 18.7 Å². The normalized spacial score (nSPS) is 16.9. The van der Waals surface area contributed by atoms with E-state index < -0.39 is 39.4 Å². The Labute approximate surface area is 240 Å². The quantitative estimate of drug-likeness (QED) is 0.435. The molecular formula is C28H30F3N4O6S. The first-order chi connectivity index (χ1) is 19.6. The highest BCUT2D eigenvalue weighted by Crippen LogP contribution is 2.35. The van der Waals surface area contributed by atoms with Crippen molar-refractivity contribution in [2.45, 2.75) is 33.2 Å². The average Bonchev–Trinajstić information content (AvgIpc) is 2.90. The standard InChI is InChI=1S/C28H30F3N4O6S/c1-16-14-34(12-11-33(16)3)23-8-6-20-19-9-10-35(15-21(19)27(37)40-25(20)17(23)2)26(36)18-5-7-22(32-42(4,38)39)24(13-18)41-28(29,30)31/h5-8,13,32H,9-12,14-15H2,1-4H3. The number of sulfonamides is 1. The number of benzene rings is 2. The van der Waals surface area contributed by atoms with Gasteiger partial charge >= 0.3 is 12.0 Å². The van der Waals surface area contributed by atoms with E-state index in [1.165, 1.54) is 17.0 Å². The number of rotatable bonds is 5. The van der Waals surface area contributed by atoms with Crippen LogP contribution < -0.4 is 20.0 Å². The predicted octanol–water partition coefficient (Wildman–Crippen LogP) is 3.87. The van der Waals surface area contributed by atoms with Crippen molar-refractivity contribution in [3.63, 3.8) is 0 Å². The van der Waals surface area contributed by atoms with E-state index >= 15 is 0 Å². The number of carbonyl (C=O) groups excluding carboxylic acids is 1. The number of halogens is 3. The second-order valence-corrected chi connectivity index (χ2v) is 12.4. The lowest BCUT2D eigenvalue weighted by atomic mass is 9.95. The molecule has 1 aromatic heterocycles. The Morgan fingerprint density at radius 1 is 1.05 bits per heavy atom. The zero-order valence-corrected chi connectivity index (χ0v) is 24.3. The predicted molar refractivity (Wildman–Crippen MR) is 151 cm³/mol. The second kappa shape index (κ2) is 10.8. The second-order valence-electron chi connectivity index (χ2n) is 10.6. The van der Waals surface area contributed by atoms with Gasteiger partial charge in [0.25, 0.3) is 5.91 Å². The van der Waals surface area contributed by atoms with E-state index in [0.29, 0.717) is 17.6 Å². The molecule has 225 valence electrons. The maximum Gasteiger partial charge on any atom is 0.573 e. The zero-order chi connectivity index (χ0) is 30.6. The van der Waals surface area contributed by atoms with Gasteiger partial charge in [-0.2, -0.15) is 0 Å². The number of fused-ring (bicyclic) bond motifs is 3. The van der Waals surface area contributed by atoms with Gasteiger partial charge in [-0.05, 0) is 63.2 Å². The van der Waals surface area contributed by atoms with Crippen LogP contribution in [-0.4, -0.2) is 70.0 Å². The molecular weight excluding hydrogens is 577 g/mol. The molecule has 0 unspecified atom stereocenters. The molecule has 1 radical (unpaired) electrons. The summed E-state index contributed by atoms with van der Waals surface area (Å²) in [5.74, 6) is -1.52. The number of aryl methyl sites for hydroxylation is 1. The smallest absolute Gasteiger partial charge is 0.422 e. The summed E-state index contributed by atoms with van der Waals surface area (Å²) < 4.78 is 74.0. The number of hydrogen-bond acceptors (Lipinski definition) is 8. The highest BCUT2D eigenvalue weighted by atomic mass is 32.2. The molecule has 1 amide bonds. The number of carbonyl (C=O) groups is 1. The van der Waals surface area contributed by atoms with Crippen LogP contribution in [0.2, 0.25) is 0 Å². The first-order valence-corrected chi connectivity index (χ1v) is 15.0. The summed E-state index contributed by atoms with van der Waals surface area (Å²) in [6.45, 7) is 6.57. The van der Waals surface area contributed by atoms with Crippen molar-refractivity contribution in [1.82, 2.24) is 9.80 Å². The lowest BCUT2D eigenvalue weighted by molar-refractivity contribution is -0.274. The van der Waals surface area contributed by atoms with Crippen molar-refractivity contribution in [3.8, 4) is 5.75 Å². The molecule has 0 atom stereocenters. The largest absolute Gasteiger partial charge is 0.573 e. The molecule has 0 bridgehead atoms. The molecule has 1 saturated heterocycles. The number of anilines is 2. The first-order valence-electron chi connectivity index (χ1n) is 13.1. The van der Waals surface area contributed by atoms with Crippen LogP contribution in [-0.2, 0) is 23.0 Å². The molecule has 3 aromatic rings. The van der Waals surface area contributed by atoms with Gasteiger partial charge in [0.15, 0.2) is 5.75 Å². The molecule has 3 heterocycles. The minimum absolute atomic E-state index is 0.0986. The molecule has 2 aliphatic rings. The van der Waals surface area contributed by atoms with Crippen LogP contribution in [0.5, 0.6) is 5.75 Å². The van der Waals surface area contributed by atoms with Gasteiger partial charge in [0.2, 0.25) is 10.0 Å². The van der Waals surface area contributed by atoms with Crippen LogP contribution >= 0.6 is 0 Å². The molecule has 2 aromatic carbocycles. The molecule has 5 rings (SSSR count). The van der Waals surface area contributed by atoms with E-state index in [4.69, 9.17) is 4.42 Å². The summed E-state index contributed by atoms with van der Waals surface area (Å²) in [4.78, 5) is 32.3. The summed E-state index contributed by atoms with van der Waals surface area (Å²) >= 11 is 0. The molecule has 0 aliphatic carbocycles. The molecule has 42 heavy (non-hydrogen) atoms. The number of hydrogen-bond donors (Lipinski definition) is 1. The van der Waals surface area contributed by atoms with Gasteiger partial charge in [0.05, 0.1) is 30.1 Å². The van der Waals surface area contributed by atoms with Gasteiger partial charge in [-0.15, -0.1) is 13.2 Å². The molecule has 14 heteroatoms. The first kappa shape index (κ1) is 29.7. The van der Waals surface area contributed by atoms with Gasteiger partial charge in [-0.25, -0.2) is 13.2 Å². The number of nitrogens with one attached hydrogen (secondary N) is 1. The summed E-state index contributed by atoms with van der Waals surface area (Å²) in [6, 6.07) is 8.22. The fraction of sp³-hybridized carbons (Fsp3) is 0.393. The topological polar surface area (TPSA) is 112 Å². The fourth-order valence-corrected chi connectivity index (χ4v) is 6.01. The summed E-state index contributed by atoms with van der Waals surface area (Å²) in [5.41, 5.74) is 2.19. The van der Waals surface area contributed by atoms with Crippen molar-refractivity contribution < 1.29 is 35.5 Å². The summed E-state index contributed by atoms with van der Waals surface area (Å²) in [5, 5.41) is 0.782. The Kier molecular flexibility index (Phi) is 7.64. The Morgan fingerprint density at radius 3 is 2.45 bits per heavy atom. The minimum Gasteiger partial charge on any atom is -0.422 e.